The molecule has 0 heterocycles. The van der Waals surface area contributed by atoms with E-state index in [0.717, 1.165) is 13.4 Å². The average Bonchev–Trinajstić information content (AvgIpc) is 2.90. The van der Waals surface area contributed by atoms with E-state index in [1.54, 1.807) is 66.7 Å². The number of nitrogens with one attached hydrogen (secondary N) is 2. The maximum atomic E-state index is 13.4. The first-order valence-corrected chi connectivity index (χ1v) is 15.4. The van der Waals surface area contributed by atoms with Gasteiger partial charge in [0.2, 0.25) is 5.91 Å². The first-order chi connectivity index (χ1) is 18.0. The highest BCUT2D eigenvalue weighted by atomic mass is 127. The van der Waals surface area contributed by atoms with Gasteiger partial charge in [-0.2, -0.15) is 0 Å². The quantitative estimate of drug-likeness (QED) is 0.239. The standard InChI is InChI=1S/C27H24IN3O5S2/c1-20-7-11-23(12-8-20)30-37(33,34)25-17-13-22(14-18-25)29-27(32)19-31(24-15-9-21(28)10-16-24)38(35,36)26-5-3-2-4-6-26/h2-18,30H,19H2,1H3,(H,29,32). The number of rotatable bonds is 9. The van der Waals surface area contributed by atoms with E-state index in [0.29, 0.717) is 17.1 Å². The predicted octanol–water partition coefficient (Wildman–Crippen LogP) is 5.23. The van der Waals surface area contributed by atoms with Gasteiger partial charge in [0.15, 0.2) is 0 Å². The second kappa shape index (κ2) is 11.5. The molecule has 0 aliphatic carbocycles. The number of sulfonamides is 2. The molecule has 0 aliphatic heterocycles. The van der Waals surface area contributed by atoms with Gasteiger partial charge < -0.3 is 5.32 Å². The molecule has 0 fully saturated rings. The third-order valence-electron chi connectivity index (χ3n) is 5.49. The van der Waals surface area contributed by atoms with E-state index in [1.807, 2.05) is 6.92 Å². The lowest BCUT2D eigenvalue weighted by molar-refractivity contribution is -0.114. The number of hydrogen-bond acceptors (Lipinski definition) is 5. The van der Waals surface area contributed by atoms with E-state index in [-0.39, 0.29) is 9.79 Å². The van der Waals surface area contributed by atoms with Crippen molar-refractivity contribution in [2.24, 2.45) is 0 Å². The molecule has 0 spiro atoms. The van der Waals surface area contributed by atoms with E-state index in [2.05, 4.69) is 32.6 Å². The van der Waals surface area contributed by atoms with Crippen molar-refractivity contribution in [3.63, 3.8) is 0 Å². The van der Waals surface area contributed by atoms with Crippen LogP contribution in [0.5, 0.6) is 0 Å². The van der Waals surface area contributed by atoms with Crippen LogP contribution in [-0.2, 0) is 24.8 Å². The van der Waals surface area contributed by atoms with Crippen LogP contribution in [0, 0.1) is 10.5 Å². The Bertz CT molecular complexity index is 1630. The summed E-state index contributed by atoms with van der Waals surface area (Å²) in [6.45, 7) is 1.43. The third kappa shape index (κ3) is 6.71. The molecule has 4 rings (SSSR count). The van der Waals surface area contributed by atoms with Crippen LogP contribution in [-0.4, -0.2) is 29.3 Å². The molecule has 0 saturated heterocycles. The number of amides is 1. The summed E-state index contributed by atoms with van der Waals surface area (Å²) >= 11 is 2.11. The van der Waals surface area contributed by atoms with E-state index in [1.165, 1.54) is 36.4 Å². The number of carbonyl (C=O) groups is 1. The van der Waals surface area contributed by atoms with Crippen LogP contribution in [0.2, 0.25) is 0 Å². The largest absolute Gasteiger partial charge is 0.325 e. The highest BCUT2D eigenvalue weighted by Crippen LogP contribution is 2.25. The van der Waals surface area contributed by atoms with E-state index < -0.39 is 32.5 Å². The van der Waals surface area contributed by atoms with Gasteiger partial charge in [-0.25, -0.2) is 16.8 Å². The Balaban J connectivity index is 1.51. The van der Waals surface area contributed by atoms with Gasteiger partial charge in [-0.05, 0) is 102 Å². The van der Waals surface area contributed by atoms with Gasteiger partial charge in [-0.1, -0.05) is 35.9 Å². The van der Waals surface area contributed by atoms with Crippen LogP contribution >= 0.6 is 22.6 Å². The Kier molecular flexibility index (Phi) is 8.38. The summed E-state index contributed by atoms with van der Waals surface area (Å²) in [5.41, 5.74) is 2.10. The molecule has 4 aromatic carbocycles. The fourth-order valence-corrected chi connectivity index (χ4v) is 6.39. The summed E-state index contributed by atoms with van der Waals surface area (Å²) in [6, 6.07) is 27.2. The average molecular weight is 662 g/mol. The van der Waals surface area contributed by atoms with Crippen LogP contribution in [0.4, 0.5) is 17.1 Å². The molecule has 11 heteroatoms. The molecule has 2 N–H and O–H groups in total. The molecule has 1 amide bonds. The van der Waals surface area contributed by atoms with E-state index in [9.17, 15) is 21.6 Å². The van der Waals surface area contributed by atoms with Crippen molar-refractivity contribution in [3.05, 3.63) is 112 Å². The Hall–Kier alpha value is -3.42. The fourth-order valence-electron chi connectivity index (χ4n) is 3.53. The lowest BCUT2D eigenvalue weighted by Gasteiger charge is -2.24. The van der Waals surface area contributed by atoms with Gasteiger partial charge in [-0.3, -0.25) is 13.8 Å². The minimum Gasteiger partial charge on any atom is -0.325 e. The van der Waals surface area contributed by atoms with Crippen molar-refractivity contribution >= 4 is 65.6 Å². The first kappa shape index (κ1) is 27.6. The summed E-state index contributed by atoms with van der Waals surface area (Å²) < 4.78 is 56.7. The topological polar surface area (TPSA) is 113 Å². The predicted molar refractivity (Wildman–Crippen MR) is 157 cm³/mol. The highest BCUT2D eigenvalue weighted by Gasteiger charge is 2.27. The second-order valence-electron chi connectivity index (χ2n) is 8.35. The number of halogens is 1. The van der Waals surface area contributed by atoms with Gasteiger partial charge >= 0.3 is 0 Å². The number of hydrogen-bond donors (Lipinski definition) is 2. The maximum absolute atomic E-state index is 13.4. The van der Waals surface area contributed by atoms with Crippen LogP contribution < -0.4 is 14.3 Å². The van der Waals surface area contributed by atoms with Gasteiger partial charge in [0, 0.05) is 14.9 Å². The van der Waals surface area contributed by atoms with Gasteiger partial charge in [0.1, 0.15) is 6.54 Å². The molecule has 0 bridgehead atoms. The number of aryl methyl sites for hydroxylation is 1. The monoisotopic (exact) mass is 661 g/mol. The fraction of sp³-hybridized carbons (Fsp3) is 0.0741. The summed E-state index contributed by atoms with van der Waals surface area (Å²) in [5, 5.41) is 2.65. The molecular weight excluding hydrogens is 637 g/mol. The molecule has 0 aliphatic rings. The van der Waals surface area contributed by atoms with Crippen molar-refractivity contribution in [1.29, 1.82) is 0 Å². The normalized spacial score (nSPS) is 11.5. The lowest BCUT2D eigenvalue weighted by Crippen LogP contribution is -2.38. The minimum absolute atomic E-state index is 0.0169. The maximum Gasteiger partial charge on any atom is 0.264 e. The van der Waals surface area contributed by atoms with Gasteiger partial charge in [-0.15, -0.1) is 0 Å². The minimum atomic E-state index is -4.03. The summed E-state index contributed by atoms with van der Waals surface area (Å²) in [6.07, 6.45) is 0. The summed E-state index contributed by atoms with van der Waals surface area (Å²) in [7, 11) is -7.86. The highest BCUT2D eigenvalue weighted by molar-refractivity contribution is 14.1. The second-order valence-corrected chi connectivity index (χ2v) is 13.1. The number of anilines is 3. The van der Waals surface area contributed by atoms with Crippen molar-refractivity contribution in [3.8, 4) is 0 Å². The molecule has 38 heavy (non-hydrogen) atoms. The van der Waals surface area contributed by atoms with Crippen LogP contribution in [0.25, 0.3) is 0 Å². The van der Waals surface area contributed by atoms with E-state index in [4.69, 9.17) is 0 Å². The Morgan fingerprint density at radius 1 is 0.737 bits per heavy atom. The molecule has 0 atom stereocenters. The molecule has 0 saturated carbocycles. The van der Waals surface area contributed by atoms with Crippen molar-refractivity contribution in [2.75, 3.05) is 20.9 Å². The Morgan fingerprint density at radius 3 is 1.92 bits per heavy atom. The molecule has 0 unspecified atom stereocenters. The third-order valence-corrected chi connectivity index (χ3v) is 9.39. The molecule has 0 aromatic heterocycles. The van der Waals surface area contributed by atoms with Crippen LogP contribution in [0.3, 0.4) is 0 Å². The van der Waals surface area contributed by atoms with Crippen LogP contribution in [0.1, 0.15) is 5.56 Å². The van der Waals surface area contributed by atoms with Crippen molar-refractivity contribution in [1.82, 2.24) is 0 Å². The zero-order valence-corrected chi connectivity index (χ0v) is 24.0. The van der Waals surface area contributed by atoms with Gasteiger partial charge in [0.25, 0.3) is 20.0 Å². The number of benzene rings is 4. The molecule has 0 radical (unpaired) electrons. The van der Waals surface area contributed by atoms with Crippen molar-refractivity contribution < 1.29 is 21.6 Å². The molecular formula is C27H24IN3O5S2. The summed E-state index contributed by atoms with van der Waals surface area (Å²) in [4.78, 5) is 13.0. The SMILES string of the molecule is Cc1ccc(NS(=O)(=O)c2ccc(NC(=O)CN(c3ccc(I)cc3)S(=O)(=O)c3ccccc3)cc2)cc1. The van der Waals surface area contributed by atoms with Crippen LogP contribution in [0.15, 0.2) is 113 Å². The zero-order valence-electron chi connectivity index (χ0n) is 20.2. The van der Waals surface area contributed by atoms with Gasteiger partial charge in [0.05, 0.1) is 15.5 Å². The Labute approximate surface area is 236 Å². The smallest absolute Gasteiger partial charge is 0.264 e. The number of nitrogens with zero attached hydrogens (tertiary/aromatic N) is 1. The zero-order chi connectivity index (χ0) is 27.3. The molecule has 196 valence electrons. The number of carbonyl (C=O) groups excluding carboxylic acids is 1. The first-order valence-electron chi connectivity index (χ1n) is 11.4. The molecule has 4 aromatic rings. The Morgan fingerprint density at radius 2 is 1.32 bits per heavy atom. The molecule has 8 nitrogen and oxygen atoms in total. The summed E-state index contributed by atoms with van der Waals surface area (Å²) in [5.74, 6) is -0.587. The van der Waals surface area contributed by atoms with E-state index >= 15 is 0 Å². The lowest BCUT2D eigenvalue weighted by atomic mass is 10.2. The van der Waals surface area contributed by atoms with Crippen molar-refractivity contribution in [2.45, 2.75) is 16.7 Å².